The maximum absolute atomic E-state index is 13.3. The monoisotopic (exact) mass is 595 g/mol. The van der Waals surface area contributed by atoms with E-state index in [0.717, 1.165) is 34.5 Å². The zero-order chi connectivity index (χ0) is 29.1. The van der Waals surface area contributed by atoms with Gasteiger partial charge in [0.25, 0.3) is 5.56 Å². The Balaban J connectivity index is 1.33. The molecular formula is C32H26ClN5O3S. The molecule has 3 aromatic carbocycles. The van der Waals surface area contributed by atoms with Crippen molar-refractivity contribution in [1.29, 1.82) is 0 Å². The van der Waals surface area contributed by atoms with Crippen LogP contribution in [-0.2, 0) is 0 Å². The second-order valence-corrected chi connectivity index (χ2v) is 10.8. The van der Waals surface area contributed by atoms with Crippen molar-refractivity contribution in [2.75, 3.05) is 13.7 Å². The molecule has 0 bridgehead atoms. The summed E-state index contributed by atoms with van der Waals surface area (Å²) in [4.78, 5) is 18.4. The van der Waals surface area contributed by atoms with E-state index in [1.807, 2.05) is 91.1 Å². The lowest BCUT2D eigenvalue weighted by Gasteiger charge is -2.10. The first-order valence-electron chi connectivity index (χ1n) is 13.3. The van der Waals surface area contributed by atoms with Crippen LogP contribution in [0.5, 0.6) is 11.5 Å². The van der Waals surface area contributed by atoms with E-state index in [0.29, 0.717) is 38.4 Å². The Kier molecular flexibility index (Phi) is 7.85. The van der Waals surface area contributed by atoms with E-state index >= 15 is 0 Å². The number of rotatable bonds is 9. The molecule has 0 aliphatic carbocycles. The van der Waals surface area contributed by atoms with Crippen LogP contribution in [0.4, 0.5) is 0 Å². The molecule has 0 N–H and O–H groups in total. The standard InChI is InChI=1S/C32H26ClN5O3S/c1-3-17-41-26-15-9-21(18-27(26)40-2)10-16-29-34-32-38(35-29)31(39)28(42-32)19-23-20-37(25-7-5-4-6-8-25)36-30(23)22-11-13-24(33)14-12-22/h4-16,18-20H,3,17H2,1-2H3/b16-10+,28-19-. The first kappa shape index (κ1) is 27.4. The number of nitrogens with zero attached hydrogens (tertiary/aromatic N) is 5. The summed E-state index contributed by atoms with van der Waals surface area (Å²) < 4.78 is 14.8. The van der Waals surface area contributed by atoms with Gasteiger partial charge in [-0.15, -0.1) is 5.10 Å². The van der Waals surface area contributed by atoms with Crippen LogP contribution in [0.15, 0.2) is 83.8 Å². The molecule has 3 aromatic heterocycles. The lowest BCUT2D eigenvalue weighted by molar-refractivity contribution is 0.294. The molecule has 0 aliphatic heterocycles. The molecule has 0 fully saturated rings. The molecule has 6 aromatic rings. The number of hydrogen-bond acceptors (Lipinski definition) is 7. The minimum Gasteiger partial charge on any atom is -0.493 e. The summed E-state index contributed by atoms with van der Waals surface area (Å²) in [5.41, 5.74) is 3.99. The van der Waals surface area contributed by atoms with Crippen LogP contribution in [0.25, 0.3) is 40.1 Å². The first-order valence-corrected chi connectivity index (χ1v) is 14.5. The van der Waals surface area contributed by atoms with E-state index in [2.05, 4.69) is 17.0 Å². The highest BCUT2D eigenvalue weighted by molar-refractivity contribution is 7.15. The summed E-state index contributed by atoms with van der Waals surface area (Å²) in [7, 11) is 1.61. The summed E-state index contributed by atoms with van der Waals surface area (Å²) >= 11 is 7.41. The molecule has 0 spiro atoms. The van der Waals surface area contributed by atoms with Crippen LogP contribution in [0, 0.1) is 0 Å². The number of thiazole rings is 1. The number of ether oxygens (including phenoxy) is 2. The molecule has 42 heavy (non-hydrogen) atoms. The average molecular weight is 596 g/mol. The predicted octanol–water partition coefficient (Wildman–Crippen LogP) is 6.17. The fourth-order valence-corrected chi connectivity index (χ4v) is 5.42. The van der Waals surface area contributed by atoms with E-state index in [1.165, 1.54) is 15.9 Å². The second kappa shape index (κ2) is 12.0. The zero-order valence-electron chi connectivity index (χ0n) is 22.9. The Hall–Kier alpha value is -4.73. The number of methoxy groups -OCH3 is 1. The Morgan fingerprint density at radius 1 is 0.976 bits per heavy atom. The number of fused-ring (bicyclic) bond motifs is 1. The second-order valence-electron chi connectivity index (χ2n) is 9.39. The molecule has 0 saturated carbocycles. The maximum atomic E-state index is 13.3. The molecule has 3 heterocycles. The van der Waals surface area contributed by atoms with Gasteiger partial charge in [-0.25, -0.2) is 4.68 Å². The lowest BCUT2D eigenvalue weighted by atomic mass is 10.1. The normalized spacial score (nSPS) is 12.0. The molecule has 210 valence electrons. The Morgan fingerprint density at radius 2 is 1.79 bits per heavy atom. The minimum atomic E-state index is -0.240. The van der Waals surface area contributed by atoms with Crippen LogP contribution < -0.4 is 19.6 Å². The van der Waals surface area contributed by atoms with Crippen molar-refractivity contribution in [2.24, 2.45) is 0 Å². The van der Waals surface area contributed by atoms with Gasteiger partial charge < -0.3 is 9.47 Å². The van der Waals surface area contributed by atoms with Gasteiger partial charge >= 0.3 is 0 Å². The fraction of sp³-hybridized carbons (Fsp3) is 0.125. The first-order chi connectivity index (χ1) is 20.5. The summed E-state index contributed by atoms with van der Waals surface area (Å²) in [6.07, 6.45) is 8.31. The van der Waals surface area contributed by atoms with E-state index in [-0.39, 0.29) is 5.56 Å². The topological polar surface area (TPSA) is 83.5 Å². The molecule has 0 unspecified atom stereocenters. The SMILES string of the molecule is CCCOc1ccc(/C=C/c2nc3s/c(=C\c4cn(-c5ccccc5)nc4-c4ccc(Cl)cc4)c(=O)n3n2)cc1OC. The molecule has 0 aliphatic rings. The van der Waals surface area contributed by atoms with Crippen molar-refractivity contribution in [3.8, 4) is 28.4 Å². The maximum Gasteiger partial charge on any atom is 0.291 e. The van der Waals surface area contributed by atoms with Gasteiger partial charge in [0.05, 0.1) is 23.9 Å². The summed E-state index contributed by atoms with van der Waals surface area (Å²) in [5, 5.41) is 9.91. The van der Waals surface area contributed by atoms with Gasteiger partial charge in [-0.2, -0.15) is 14.6 Å². The van der Waals surface area contributed by atoms with Crippen LogP contribution in [0.2, 0.25) is 5.02 Å². The van der Waals surface area contributed by atoms with E-state index < -0.39 is 0 Å². The van der Waals surface area contributed by atoms with Crippen molar-refractivity contribution in [3.63, 3.8) is 0 Å². The Bertz CT molecular complexity index is 2000. The van der Waals surface area contributed by atoms with Gasteiger partial charge in [-0.1, -0.05) is 72.3 Å². The summed E-state index contributed by atoms with van der Waals surface area (Å²) in [6, 6.07) is 23.0. The van der Waals surface area contributed by atoms with Crippen LogP contribution in [0.3, 0.4) is 0 Å². The third-order valence-corrected chi connectivity index (χ3v) is 7.65. The highest BCUT2D eigenvalue weighted by Crippen LogP contribution is 2.29. The van der Waals surface area contributed by atoms with Crippen molar-refractivity contribution < 1.29 is 9.47 Å². The number of aromatic nitrogens is 5. The van der Waals surface area contributed by atoms with Gasteiger partial charge in [0.1, 0.15) is 5.69 Å². The van der Waals surface area contributed by atoms with E-state index in [4.69, 9.17) is 26.2 Å². The fourth-order valence-electron chi connectivity index (χ4n) is 4.39. The van der Waals surface area contributed by atoms with E-state index in [9.17, 15) is 4.79 Å². The highest BCUT2D eigenvalue weighted by atomic mass is 35.5. The molecule has 8 nitrogen and oxygen atoms in total. The number of para-hydroxylation sites is 1. The Labute approximate surface area is 250 Å². The molecule has 0 saturated heterocycles. The van der Waals surface area contributed by atoms with Crippen molar-refractivity contribution >= 4 is 46.1 Å². The van der Waals surface area contributed by atoms with E-state index in [1.54, 1.807) is 17.9 Å². The third-order valence-electron chi connectivity index (χ3n) is 6.44. The van der Waals surface area contributed by atoms with Crippen molar-refractivity contribution in [1.82, 2.24) is 24.4 Å². The van der Waals surface area contributed by atoms with Gasteiger partial charge in [0.15, 0.2) is 17.3 Å². The molecule has 0 atom stereocenters. The van der Waals surface area contributed by atoms with Gasteiger partial charge in [-0.3, -0.25) is 4.79 Å². The highest BCUT2D eigenvalue weighted by Gasteiger charge is 2.14. The number of halogens is 1. The predicted molar refractivity (Wildman–Crippen MR) is 168 cm³/mol. The minimum absolute atomic E-state index is 0.240. The molecule has 0 radical (unpaired) electrons. The third kappa shape index (κ3) is 5.70. The molecular weight excluding hydrogens is 570 g/mol. The molecule has 10 heteroatoms. The molecule has 6 rings (SSSR count). The van der Waals surface area contributed by atoms with Crippen molar-refractivity contribution in [2.45, 2.75) is 13.3 Å². The average Bonchev–Trinajstić information content (AvgIpc) is 3.70. The lowest BCUT2D eigenvalue weighted by Crippen LogP contribution is -2.23. The number of hydrogen-bond donors (Lipinski definition) is 0. The largest absolute Gasteiger partial charge is 0.493 e. The zero-order valence-corrected chi connectivity index (χ0v) is 24.5. The number of benzene rings is 3. The van der Waals surface area contributed by atoms with Gasteiger partial charge in [-0.05, 0) is 60.5 Å². The quantitative estimate of drug-likeness (QED) is 0.199. The smallest absolute Gasteiger partial charge is 0.291 e. The van der Waals surface area contributed by atoms with Crippen LogP contribution >= 0.6 is 22.9 Å². The van der Waals surface area contributed by atoms with Gasteiger partial charge in [0, 0.05) is 22.3 Å². The van der Waals surface area contributed by atoms with Crippen molar-refractivity contribution in [3.05, 3.63) is 116 Å². The van der Waals surface area contributed by atoms with Crippen LogP contribution in [0.1, 0.15) is 30.3 Å². The van der Waals surface area contributed by atoms with Gasteiger partial charge in [0.2, 0.25) is 4.96 Å². The molecule has 0 amide bonds. The Morgan fingerprint density at radius 3 is 2.52 bits per heavy atom. The summed E-state index contributed by atoms with van der Waals surface area (Å²) in [5.74, 6) is 1.79. The van der Waals surface area contributed by atoms with Crippen LogP contribution in [-0.4, -0.2) is 38.1 Å². The summed E-state index contributed by atoms with van der Waals surface area (Å²) in [6.45, 7) is 2.68.